The van der Waals surface area contributed by atoms with Gasteiger partial charge in [-0.15, -0.1) is 0 Å². The zero-order valence-electron chi connectivity index (χ0n) is 11.9. The van der Waals surface area contributed by atoms with Crippen molar-refractivity contribution < 1.29 is 14.7 Å². The average Bonchev–Trinajstić information content (AvgIpc) is 2.91. The summed E-state index contributed by atoms with van der Waals surface area (Å²) in [6.45, 7) is 3.81. The second-order valence-electron chi connectivity index (χ2n) is 5.19. The third kappa shape index (κ3) is 2.89. The van der Waals surface area contributed by atoms with Crippen LogP contribution in [0.1, 0.15) is 23.4 Å². The molecule has 1 aromatic rings. The number of nitrogens with zero attached hydrogens (tertiary/aromatic N) is 2. The first kappa shape index (κ1) is 14.3. The van der Waals surface area contributed by atoms with Crippen molar-refractivity contribution in [1.29, 1.82) is 0 Å². The summed E-state index contributed by atoms with van der Waals surface area (Å²) in [5.41, 5.74) is 2.76. The first-order chi connectivity index (χ1) is 9.38. The van der Waals surface area contributed by atoms with Crippen LogP contribution in [0.15, 0.2) is 12.2 Å². The number of carboxylic acids is 1. The summed E-state index contributed by atoms with van der Waals surface area (Å²) in [5.74, 6) is -1.45. The first-order valence-electron chi connectivity index (χ1n) is 6.58. The highest BCUT2D eigenvalue weighted by atomic mass is 16.4. The second kappa shape index (κ2) is 5.48. The molecule has 0 aromatic carbocycles. The van der Waals surface area contributed by atoms with Crippen LogP contribution in [0.3, 0.4) is 0 Å². The molecule has 0 fully saturated rings. The van der Waals surface area contributed by atoms with Gasteiger partial charge in [0.25, 0.3) is 0 Å². The van der Waals surface area contributed by atoms with Gasteiger partial charge in [-0.1, -0.05) is 12.2 Å². The molecule has 2 unspecified atom stereocenters. The van der Waals surface area contributed by atoms with Crippen molar-refractivity contribution in [1.82, 2.24) is 15.1 Å². The third-order valence-corrected chi connectivity index (χ3v) is 3.74. The Morgan fingerprint density at radius 1 is 1.45 bits per heavy atom. The van der Waals surface area contributed by atoms with Gasteiger partial charge in [-0.2, -0.15) is 5.10 Å². The molecule has 0 spiro atoms. The Hall–Kier alpha value is -2.11. The van der Waals surface area contributed by atoms with Gasteiger partial charge in [0, 0.05) is 24.3 Å². The largest absolute Gasteiger partial charge is 0.481 e. The molecule has 6 heteroatoms. The number of aromatic nitrogens is 2. The second-order valence-corrected chi connectivity index (χ2v) is 5.19. The molecule has 1 aromatic heterocycles. The van der Waals surface area contributed by atoms with E-state index in [9.17, 15) is 9.59 Å². The monoisotopic (exact) mass is 277 g/mol. The Labute approximate surface area is 117 Å². The number of amides is 1. The maximum atomic E-state index is 12.0. The van der Waals surface area contributed by atoms with E-state index in [-0.39, 0.29) is 18.4 Å². The molecular formula is C14H19N3O3. The minimum atomic E-state index is -0.850. The number of carbonyl (C=O) groups is 2. The van der Waals surface area contributed by atoms with E-state index < -0.39 is 11.9 Å². The fourth-order valence-corrected chi connectivity index (χ4v) is 2.48. The van der Waals surface area contributed by atoms with E-state index in [2.05, 4.69) is 10.4 Å². The van der Waals surface area contributed by atoms with Gasteiger partial charge < -0.3 is 10.4 Å². The van der Waals surface area contributed by atoms with Crippen molar-refractivity contribution >= 4 is 11.9 Å². The van der Waals surface area contributed by atoms with Crippen LogP contribution in [0, 0.1) is 19.8 Å². The number of rotatable bonds is 4. The van der Waals surface area contributed by atoms with Crippen LogP contribution in [-0.4, -0.2) is 32.8 Å². The third-order valence-electron chi connectivity index (χ3n) is 3.74. The summed E-state index contributed by atoms with van der Waals surface area (Å²) in [6.07, 6.45) is 4.08. The summed E-state index contributed by atoms with van der Waals surface area (Å²) in [5, 5.41) is 16.0. The lowest BCUT2D eigenvalue weighted by molar-refractivity contribution is -0.140. The number of aliphatic carboxylic acids is 1. The smallest absolute Gasteiger partial charge is 0.310 e. The van der Waals surface area contributed by atoms with Gasteiger partial charge in [0.2, 0.25) is 5.91 Å². The molecule has 2 N–H and O–H groups in total. The Balaban J connectivity index is 1.94. The predicted octanol–water partition coefficient (Wildman–Crippen LogP) is 0.725. The van der Waals surface area contributed by atoms with Crippen LogP contribution in [0.2, 0.25) is 0 Å². The summed E-state index contributed by atoms with van der Waals surface area (Å²) in [7, 11) is 1.85. The Kier molecular flexibility index (Phi) is 3.92. The number of hydrogen-bond donors (Lipinski definition) is 2. The van der Waals surface area contributed by atoms with Crippen LogP contribution < -0.4 is 5.32 Å². The number of aryl methyl sites for hydroxylation is 2. The highest BCUT2D eigenvalue weighted by Gasteiger charge is 2.25. The van der Waals surface area contributed by atoms with Crippen molar-refractivity contribution in [3.8, 4) is 0 Å². The van der Waals surface area contributed by atoms with E-state index in [1.165, 1.54) is 0 Å². The van der Waals surface area contributed by atoms with Crippen LogP contribution in [0.5, 0.6) is 0 Å². The summed E-state index contributed by atoms with van der Waals surface area (Å²) >= 11 is 0. The molecular weight excluding hydrogens is 258 g/mol. The van der Waals surface area contributed by atoms with Crippen molar-refractivity contribution in [2.24, 2.45) is 13.0 Å². The van der Waals surface area contributed by atoms with Gasteiger partial charge in [0.05, 0.1) is 18.0 Å². The minimum absolute atomic E-state index is 0.107. The van der Waals surface area contributed by atoms with E-state index in [1.807, 2.05) is 20.9 Å². The van der Waals surface area contributed by atoms with E-state index >= 15 is 0 Å². The van der Waals surface area contributed by atoms with Crippen LogP contribution in [-0.2, 0) is 23.1 Å². The van der Waals surface area contributed by atoms with Gasteiger partial charge >= 0.3 is 5.97 Å². The number of hydrogen-bond acceptors (Lipinski definition) is 3. The summed E-state index contributed by atoms with van der Waals surface area (Å²) < 4.78 is 1.76. The van der Waals surface area contributed by atoms with Gasteiger partial charge in [-0.05, 0) is 20.3 Å². The van der Waals surface area contributed by atoms with Gasteiger partial charge in [-0.25, -0.2) is 0 Å². The maximum absolute atomic E-state index is 12.0. The highest BCUT2D eigenvalue weighted by molar-refractivity contribution is 5.80. The minimum Gasteiger partial charge on any atom is -0.481 e. The highest BCUT2D eigenvalue weighted by Crippen LogP contribution is 2.18. The predicted molar refractivity (Wildman–Crippen MR) is 73.2 cm³/mol. The van der Waals surface area contributed by atoms with Crippen LogP contribution >= 0.6 is 0 Å². The number of nitrogens with one attached hydrogen (secondary N) is 1. The van der Waals surface area contributed by atoms with E-state index in [0.29, 0.717) is 6.42 Å². The molecule has 2 atom stereocenters. The molecule has 1 aliphatic carbocycles. The zero-order chi connectivity index (χ0) is 14.9. The number of carboxylic acid groups (broad SMARTS) is 1. The molecule has 0 radical (unpaired) electrons. The van der Waals surface area contributed by atoms with Gasteiger partial charge in [-0.3, -0.25) is 14.3 Å². The lowest BCUT2D eigenvalue weighted by Gasteiger charge is -2.12. The Bertz CT molecular complexity index is 574. The van der Waals surface area contributed by atoms with Crippen molar-refractivity contribution in [3.05, 3.63) is 29.1 Å². The molecule has 1 heterocycles. The lowest BCUT2D eigenvalue weighted by Crippen LogP contribution is -2.34. The van der Waals surface area contributed by atoms with E-state index in [1.54, 1.807) is 16.8 Å². The Morgan fingerprint density at radius 3 is 2.65 bits per heavy atom. The SMILES string of the molecule is Cc1nn(C)c(C)c1CC(=O)NC1C=CC(C(=O)O)C1. The van der Waals surface area contributed by atoms with Crippen molar-refractivity contribution in [2.75, 3.05) is 0 Å². The molecule has 0 aliphatic heterocycles. The maximum Gasteiger partial charge on any atom is 0.310 e. The first-order valence-corrected chi connectivity index (χ1v) is 6.58. The molecule has 108 valence electrons. The van der Waals surface area contributed by atoms with Gasteiger partial charge in [0.1, 0.15) is 0 Å². The van der Waals surface area contributed by atoms with E-state index in [4.69, 9.17) is 5.11 Å². The Morgan fingerprint density at radius 2 is 2.15 bits per heavy atom. The summed E-state index contributed by atoms with van der Waals surface area (Å²) in [6, 6.07) is -0.194. The van der Waals surface area contributed by atoms with E-state index in [0.717, 1.165) is 17.0 Å². The van der Waals surface area contributed by atoms with Crippen molar-refractivity contribution in [3.63, 3.8) is 0 Å². The molecule has 1 amide bonds. The molecule has 2 rings (SSSR count). The summed E-state index contributed by atoms with van der Waals surface area (Å²) in [4.78, 5) is 22.9. The zero-order valence-corrected chi connectivity index (χ0v) is 11.9. The lowest BCUT2D eigenvalue weighted by atomic mass is 10.1. The van der Waals surface area contributed by atoms with Gasteiger partial charge in [0.15, 0.2) is 0 Å². The molecule has 0 bridgehead atoms. The molecule has 6 nitrogen and oxygen atoms in total. The molecule has 1 aliphatic rings. The van der Waals surface area contributed by atoms with Crippen LogP contribution in [0.25, 0.3) is 0 Å². The fourth-order valence-electron chi connectivity index (χ4n) is 2.48. The average molecular weight is 277 g/mol. The standard InChI is InChI=1S/C14H19N3O3/c1-8-12(9(2)17(3)16-8)7-13(18)15-11-5-4-10(6-11)14(19)20/h4-5,10-11H,6-7H2,1-3H3,(H,15,18)(H,19,20). The molecule has 20 heavy (non-hydrogen) atoms. The fraction of sp³-hybridized carbons (Fsp3) is 0.500. The van der Waals surface area contributed by atoms with Crippen LogP contribution in [0.4, 0.5) is 0 Å². The molecule has 0 saturated heterocycles. The topological polar surface area (TPSA) is 84.2 Å². The normalized spacial score (nSPS) is 21.1. The molecule has 0 saturated carbocycles. The van der Waals surface area contributed by atoms with Crippen molar-refractivity contribution in [2.45, 2.75) is 32.7 Å². The number of carbonyl (C=O) groups excluding carboxylic acids is 1. The quantitative estimate of drug-likeness (QED) is 0.794.